The highest BCUT2D eigenvalue weighted by atomic mass is 35.5. The van der Waals surface area contributed by atoms with Gasteiger partial charge in [0.1, 0.15) is 17.5 Å². The van der Waals surface area contributed by atoms with Crippen LogP contribution in [0.3, 0.4) is 0 Å². The molecule has 0 saturated carbocycles. The van der Waals surface area contributed by atoms with Gasteiger partial charge in [-0.2, -0.15) is 0 Å². The largest absolute Gasteiger partial charge is 0.493 e. The van der Waals surface area contributed by atoms with E-state index < -0.39 is 12.2 Å². The molecule has 2 aromatic heterocycles. The van der Waals surface area contributed by atoms with E-state index in [1.807, 2.05) is 0 Å². The Bertz CT molecular complexity index is 1750. The molecular formula is C28H24ClN3O7. The van der Waals surface area contributed by atoms with E-state index in [9.17, 15) is 14.7 Å². The van der Waals surface area contributed by atoms with Crippen molar-refractivity contribution in [1.82, 2.24) is 9.72 Å². The number of rotatable bonds is 8. The van der Waals surface area contributed by atoms with E-state index in [1.165, 1.54) is 25.9 Å². The van der Waals surface area contributed by atoms with Crippen molar-refractivity contribution in [2.75, 3.05) is 26.6 Å². The highest BCUT2D eigenvalue weighted by Crippen LogP contribution is 2.40. The summed E-state index contributed by atoms with van der Waals surface area (Å²) in [6.45, 7) is -0.497. The summed E-state index contributed by atoms with van der Waals surface area (Å²) in [4.78, 5) is 26.6. The van der Waals surface area contributed by atoms with Crippen LogP contribution in [0.15, 0.2) is 63.9 Å². The number of nitrogens with zero attached hydrogens (tertiary/aromatic N) is 2. The molecule has 5 aromatic rings. The lowest BCUT2D eigenvalue weighted by Crippen LogP contribution is -2.20. The van der Waals surface area contributed by atoms with Crippen molar-refractivity contribution < 1.29 is 28.6 Å². The predicted molar refractivity (Wildman–Crippen MR) is 146 cm³/mol. The average Bonchev–Trinajstić information content (AvgIpc) is 3.37. The molecule has 2 N–H and O–H groups in total. The van der Waals surface area contributed by atoms with E-state index in [0.29, 0.717) is 50.1 Å². The number of hydrogen-bond donors (Lipinski definition) is 2. The number of methoxy groups -OCH3 is 3. The summed E-state index contributed by atoms with van der Waals surface area (Å²) in [5.74, 6) is 0.985. The molecule has 11 heteroatoms. The fourth-order valence-electron chi connectivity index (χ4n) is 4.58. The van der Waals surface area contributed by atoms with Gasteiger partial charge in [-0.25, -0.2) is 0 Å². The normalized spacial score (nSPS) is 11.1. The monoisotopic (exact) mass is 549 g/mol. The van der Waals surface area contributed by atoms with Crippen molar-refractivity contribution in [1.29, 1.82) is 0 Å². The molecule has 0 aliphatic heterocycles. The molecule has 0 radical (unpaired) electrons. The highest BCUT2D eigenvalue weighted by Gasteiger charge is 2.21. The third-order valence-corrected chi connectivity index (χ3v) is 6.59. The van der Waals surface area contributed by atoms with Gasteiger partial charge in [0, 0.05) is 28.9 Å². The molecule has 10 nitrogen and oxygen atoms in total. The number of pyridine rings is 1. The fourth-order valence-corrected chi connectivity index (χ4v) is 4.84. The molecule has 0 fully saturated rings. The topological polar surface area (TPSA) is 125 Å². The Morgan fingerprint density at radius 1 is 1.03 bits per heavy atom. The third kappa shape index (κ3) is 4.64. The van der Waals surface area contributed by atoms with E-state index in [1.54, 1.807) is 54.6 Å². The number of halogens is 1. The number of ether oxygens (including phenoxy) is 3. The minimum atomic E-state index is -0.497. The minimum Gasteiger partial charge on any atom is -0.493 e. The number of nitrogens with one attached hydrogen (secondary N) is 1. The number of fused-ring (bicyclic) bond motifs is 3. The average molecular weight is 550 g/mol. The van der Waals surface area contributed by atoms with Gasteiger partial charge in [0.05, 0.1) is 38.3 Å². The second kappa shape index (κ2) is 10.7. The maximum absolute atomic E-state index is 13.6. The number of hydrogen-bond acceptors (Lipinski definition) is 8. The van der Waals surface area contributed by atoms with Gasteiger partial charge in [0.2, 0.25) is 11.7 Å². The van der Waals surface area contributed by atoms with Crippen LogP contribution in [0.2, 0.25) is 5.02 Å². The van der Waals surface area contributed by atoms with E-state index in [2.05, 4.69) is 10.5 Å². The molecule has 0 atom stereocenters. The number of aliphatic hydroxyl groups is 1. The number of aromatic nitrogens is 2. The fraction of sp³-hybridized carbons (Fsp3) is 0.179. The molecule has 0 bridgehead atoms. The zero-order valence-corrected chi connectivity index (χ0v) is 22.0. The maximum Gasteiger partial charge on any atom is 0.268 e. The first-order chi connectivity index (χ1) is 18.9. The van der Waals surface area contributed by atoms with Crippen molar-refractivity contribution >= 4 is 45.0 Å². The van der Waals surface area contributed by atoms with Crippen molar-refractivity contribution in [3.63, 3.8) is 0 Å². The van der Waals surface area contributed by atoms with Crippen LogP contribution in [0, 0.1) is 0 Å². The second-order valence-corrected chi connectivity index (χ2v) is 8.98. The van der Waals surface area contributed by atoms with Crippen LogP contribution in [-0.2, 0) is 17.8 Å². The zero-order chi connectivity index (χ0) is 27.7. The Morgan fingerprint density at radius 3 is 2.41 bits per heavy atom. The van der Waals surface area contributed by atoms with Crippen LogP contribution in [0.4, 0.5) is 5.69 Å². The van der Waals surface area contributed by atoms with Gasteiger partial charge in [-0.05, 0) is 29.8 Å². The summed E-state index contributed by atoms with van der Waals surface area (Å²) in [6, 6.07) is 15.5. The van der Waals surface area contributed by atoms with Gasteiger partial charge >= 0.3 is 0 Å². The molecule has 0 aliphatic rings. The second-order valence-electron chi connectivity index (χ2n) is 8.57. The van der Waals surface area contributed by atoms with Crippen LogP contribution in [0.1, 0.15) is 11.3 Å². The van der Waals surface area contributed by atoms with E-state index in [0.717, 1.165) is 0 Å². The van der Waals surface area contributed by atoms with Crippen LogP contribution in [0.5, 0.6) is 17.2 Å². The van der Waals surface area contributed by atoms with Crippen LogP contribution in [-0.4, -0.2) is 42.1 Å². The zero-order valence-electron chi connectivity index (χ0n) is 21.3. The Kier molecular flexibility index (Phi) is 7.14. The van der Waals surface area contributed by atoms with Gasteiger partial charge in [0.15, 0.2) is 17.3 Å². The molecule has 0 unspecified atom stereocenters. The highest BCUT2D eigenvalue weighted by molar-refractivity contribution is 6.37. The Balaban J connectivity index is 1.52. The summed E-state index contributed by atoms with van der Waals surface area (Å²) in [5, 5.41) is 17.6. The summed E-state index contributed by atoms with van der Waals surface area (Å²) in [5.41, 5.74) is 2.00. The van der Waals surface area contributed by atoms with Crippen molar-refractivity contribution in [3.05, 3.63) is 81.3 Å². The number of aliphatic hydroxyl groups excluding tert-OH is 1. The number of carbonyl (C=O) groups is 1. The first-order valence-electron chi connectivity index (χ1n) is 11.8. The Morgan fingerprint density at radius 2 is 1.74 bits per heavy atom. The standard InChI is InChI=1S/C28H24ClN3O7/c1-36-20-12-16(13-21(37-2)27(20)38-3)30-23(34)11-15-6-4-7-17(10-15)32-19-9-5-8-18(29)24(19)26-25(28(32)35)22(14-33)39-31-26/h4-10,12-13,33H,11,14H2,1-3H3,(H,30,34). The van der Waals surface area contributed by atoms with Gasteiger partial charge in [0.25, 0.3) is 5.56 Å². The molecule has 1 amide bonds. The van der Waals surface area contributed by atoms with Crippen LogP contribution >= 0.6 is 11.6 Å². The Hall–Kier alpha value is -4.54. The van der Waals surface area contributed by atoms with Crippen molar-refractivity contribution in [2.24, 2.45) is 0 Å². The molecule has 2 heterocycles. The predicted octanol–water partition coefficient (Wildman–Crippen LogP) is 4.48. The Labute approximate surface area is 227 Å². The lowest BCUT2D eigenvalue weighted by molar-refractivity contribution is -0.115. The smallest absolute Gasteiger partial charge is 0.268 e. The number of anilines is 1. The quantitative estimate of drug-likeness (QED) is 0.290. The van der Waals surface area contributed by atoms with E-state index in [-0.39, 0.29) is 29.0 Å². The lowest BCUT2D eigenvalue weighted by Gasteiger charge is -2.15. The van der Waals surface area contributed by atoms with Crippen LogP contribution in [0.25, 0.3) is 27.5 Å². The van der Waals surface area contributed by atoms with Gasteiger partial charge < -0.3 is 29.2 Å². The molecule has 39 heavy (non-hydrogen) atoms. The van der Waals surface area contributed by atoms with Crippen LogP contribution < -0.4 is 25.1 Å². The van der Waals surface area contributed by atoms with Crippen molar-refractivity contribution in [3.8, 4) is 22.9 Å². The van der Waals surface area contributed by atoms with Gasteiger partial charge in [-0.1, -0.05) is 35.0 Å². The molecule has 5 rings (SSSR count). The molecular weight excluding hydrogens is 526 g/mol. The number of benzene rings is 3. The molecule has 0 spiro atoms. The first-order valence-corrected chi connectivity index (χ1v) is 12.2. The molecule has 3 aromatic carbocycles. The van der Waals surface area contributed by atoms with Crippen molar-refractivity contribution in [2.45, 2.75) is 13.0 Å². The van der Waals surface area contributed by atoms with Gasteiger partial charge in [-0.3, -0.25) is 14.2 Å². The summed E-state index contributed by atoms with van der Waals surface area (Å²) >= 11 is 6.50. The van der Waals surface area contributed by atoms with Gasteiger partial charge in [-0.15, -0.1) is 0 Å². The first kappa shape index (κ1) is 26.1. The lowest BCUT2D eigenvalue weighted by atomic mass is 10.1. The van der Waals surface area contributed by atoms with E-state index in [4.69, 9.17) is 30.3 Å². The molecule has 0 saturated heterocycles. The number of amides is 1. The SMILES string of the molecule is COc1cc(NC(=O)Cc2cccc(-n3c(=O)c4c(CO)onc4c4c(Cl)cccc43)c2)cc(OC)c1OC. The molecule has 0 aliphatic carbocycles. The number of carbonyl (C=O) groups excluding carboxylic acids is 1. The molecule has 200 valence electrons. The third-order valence-electron chi connectivity index (χ3n) is 6.27. The minimum absolute atomic E-state index is 0.0232. The summed E-state index contributed by atoms with van der Waals surface area (Å²) in [7, 11) is 4.49. The maximum atomic E-state index is 13.6. The summed E-state index contributed by atoms with van der Waals surface area (Å²) < 4.78 is 22.7. The van der Waals surface area contributed by atoms with E-state index >= 15 is 0 Å². The summed E-state index contributed by atoms with van der Waals surface area (Å²) in [6.07, 6.45) is 0.0232.